The summed E-state index contributed by atoms with van der Waals surface area (Å²) in [5.41, 5.74) is -1.12. The van der Waals surface area contributed by atoms with Crippen molar-refractivity contribution >= 4 is 5.78 Å². The van der Waals surface area contributed by atoms with E-state index in [1.165, 1.54) is 0 Å². The normalized spacial score (nSPS) is 12.7. The first kappa shape index (κ1) is 16.3. The predicted octanol–water partition coefficient (Wildman–Crippen LogP) is 3.76. The molecule has 0 fully saturated rings. The van der Waals surface area contributed by atoms with Gasteiger partial charge in [0.1, 0.15) is 11.6 Å². The standard InChI is InChI=1S/C11H7F7O2/c1-20-7-3-2-5(12)4-6(7)8(19)9(10(13,14)15)11(16,17)18/h2-4,9H,1H3. The van der Waals surface area contributed by atoms with E-state index in [4.69, 9.17) is 0 Å². The number of ether oxygens (including phenoxy) is 1. The lowest BCUT2D eigenvalue weighted by Crippen LogP contribution is -2.42. The highest BCUT2D eigenvalue weighted by Crippen LogP contribution is 2.42. The number of benzene rings is 1. The molecule has 0 saturated heterocycles. The average Bonchev–Trinajstić information content (AvgIpc) is 2.24. The number of Topliss-reactive ketones (excluding diaryl/α,β-unsaturated/α-hetero) is 1. The molecular formula is C11H7F7O2. The third kappa shape index (κ3) is 3.40. The van der Waals surface area contributed by atoms with Crippen LogP contribution < -0.4 is 4.74 Å². The summed E-state index contributed by atoms with van der Waals surface area (Å²) in [6, 6.07) is 1.78. The smallest absolute Gasteiger partial charge is 0.407 e. The van der Waals surface area contributed by atoms with E-state index in [1.807, 2.05) is 0 Å². The van der Waals surface area contributed by atoms with E-state index in [9.17, 15) is 35.5 Å². The molecule has 2 nitrogen and oxygen atoms in total. The average molecular weight is 304 g/mol. The maximum atomic E-state index is 12.9. The fraction of sp³-hybridized carbons (Fsp3) is 0.364. The number of ketones is 1. The van der Waals surface area contributed by atoms with Crippen molar-refractivity contribution in [2.45, 2.75) is 12.4 Å². The Morgan fingerprint density at radius 2 is 1.60 bits per heavy atom. The second-order valence-corrected chi connectivity index (χ2v) is 3.73. The van der Waals surface area contributed by atoms with Crippen LogP contribution in [0.1, 0.15) is 10.4 Å². The predicted molar refractivity (Wildman–Crippen MR) is 52.9 cm³/mol. The number of alkyl halides is 6. The van der Waals surface area contributed by atoms with E-state index in [0.717, 1.165) is 19.2 Å². The zero-order valence-electron chi connectivity index (χ0n) is 9.77. The molecule has 0 amide bonds. The van der Waals surface area contributed by atoms with E-state index in [2.05, 4.69) is 4.74 Å². The van der Waals surface area contributed by atoms with Crippen molar-refractivity contribution in [1.82, 2.24) is 0 Å². The van der Waals surface area contributed by atoms with Crippen LogP contribution in [0.4, 0.5) is 30.7 Å². The van der Waals surface area contributed by atoms with Crippen LogP contribution in [0.5, 0.6) is 5.75 Å². The Morgan fingerprint density at radius 1 is 1.10 bits per heavy atom. The van der Waals surface area contributed by atoms with Gasteiger partial charge < -0.3 is 4.74 Å². The van der Waals surface area contributed by atoms with Crippen LogP contribution in [0.3, 0.4) is 0 Å². The fourth-order valence-corrected chi connectivity index (χ4v) is 1.51. The van der Waals surface area contributed by atoms with Crippen LogP contribution in [0.2, 0.25) is 0 Å². The molecule has 112 valence electrons. The number of halogens is 7. The fourth-order valence-electron chi connectivity index (χ4n) is 1.51. The molecule has 0 unspecified atom stereocenters. The molecule has 0 aliphatic heterocycles. The first-order valence-corrected chi connectivity index (χ1v) is 4.99. The lowest BCUT2D eigenvalue weighted by Gasteiger charge is -2.22. The Bertz CT molecular complexity index is 490. The van der Waals surface area contributed by atoms with Gasteiger partial charge in [-0.15, -0.1) is 0 Å². The molecule has 1 rings (SSSR count). The highest BCUT2D eigenvalue weighted by atomic mass is 19.4. The van der Waals surface area contributed by atoms with Crippen molar-refractivity contribution in [1.29, 1.82) is 0 Å². The molecule has 0 bridgehead atoms. The largest absolute Gasteiger partial charge is 0.496 e. The molecule has 0 aromatic heterocycles. The van der Waals surface area contributed by atoms with E-state index in [-0.39, 0.29) is 6.07 Å². The van der Waals surface area contributed by atoms with Crippen molar-refractivity contribution in [3.8, 4) is 5.75 Å². The van der Waals surface area contributed by atoms with Gasteiger partial charge in [-0.3, -0.25) is 4.79 Å². The SMILES string of the molecule is COc1ccc(F)cc1C(=O)C(C(F)(F)F)C(F)(F)F. The molecule has 0 atom stereocenters. The van der Waals surface area contributed by atoms with Gasteiger partial charge in [0.25, 0.3) is 0 Å². The van der Waals surface area contributed by atoms with Gasteiger partial charge in [-0.2, -0.15) is 26.3 Å². The van der Waals surface area contributed by atoms with Crippen LogP contribution in [0.25, 0.3) is 0 Å². The second kappa shape index (κ2) is 5.29. The molecule has 0 spiro atoms. The maximum absolute atomic E-state index is 12.9. The Labute approximate surface area is 108 Å². The topological polar surface area (TPSA) is 26.3 Å². The molecule has 20 heavy (non-hydrogen) atoms. The minimum Gasteiger partial charge on any atom is -0.496 e. The minimum absolute atomic E-state index is 0.269. The molecule has 1 aromatic rings. The Kier molecular flexibility index (Phi) is 4.30. The Hall–Kier alpha value is -1.80. The molecule has 1 aromatic carbocycles. The number of rotatable bonds is 3. The molecule has 0 heterocycles. The van der Waals surface area contributed by atoms with E-state index in [1.54, 1.807) is 0 Å². The van der Waals surface area contributed by atoms with Crippen molar-refractivity contribution in [3.63, 3.8) is 0 Å². The highest BCUT2D eigenvalue weighted by molar-refractivity contribution is 6.01. The van der Waals surface area contributed by atoms with E-state index < -0.39 is 41.2 Å². The summed E-state index contributed by atoms with van der Waals surface area (Å²) in [5.74, 6) is -8.28. The molecule has 0 aliphatic rings. The molecular weight excluding hydrogens is 297 g/mol. The van der Waals surface area contributed by atoms with E-state index >= 15 is 0 Å². The number of hydrogen-bond acceptors (Lipinski definition) is 2. The summed E-state index contributed by atoms with van der Waals surface area (Å²) in [6.45, 7) is 0. The minimum atomic E-state index is -5.84. The maximum Gasteiger partial charge on any atom is 0.407 e. The molecule has 0 radical (unpaired) electrons. The summed E-state index contributed by atoms with van der Waals surface area (Å²) in [4.78, 5) is 11.5. The quantitative estimate of drug-likeness (QED) is 0.628. The summed E-state index contributed by atoms with van der Waals surface area (Å²) in [7, 11) is 0.931. The van der Waals surface area contributed by atoms with Gasteiger partial charge in [-0.1, -0.05) is 0 Å². The van der Waals surface area contributed by atoms with Gasteiger partial charge in [-0.05, 0) is 18.2 Å². The van der Waals surface area contributed by atoms with Crippen LogP contribution >= 0.6 is 0 Å². The van der Waals surface area contributed by atoms with Gasteiger partial charge in [0.05, 0.1) is 12.7 Å². The van der Waals surface area contributed by atoms with Crippen molar-refractivity contribution in [2.24, 2.45) is 5.92 Å². The Morgan fingerprint density at radius 3 is 2.00 bits per heavy atom. The first-order chi connectivity index (χ1) is 8.98. The van der Waals surface area contributed by atoms with Crippen LogP contribution in [-0.4, -0.2) is 25.2 Å². The molecule has 0 N–H and O–H groups in total. The van der Waals surface area contributed by atoms with Gasteiger partial charge in [0, 0.05) is 0 Å². The van der Waals surface area contributed by atoms with Crippen molar-refractivity contribution < 1.29 is 40.3 Å². The lowest BCUT2D eigenvalue weighted by atomic mass is 9.95. The zero-order valence-corrected chi connectivity index (χ0v) is 9.77. The number of carbonyl (C=O) groups excluding carboxylic acids is 1. The second-order valence-electron chi connectivity index (χ2n) is 3.73. The van der Waals surface area contributed by atoms with Gasteiger partial charge in [0.15, 0.2) is 5.78 Å². The molecule has 9 heteroatoms. The third-order valence-electron chi connectivity index (χ3n) is 2.34. The van der Waals surface area contributed by atoms with Gasteiger partial charge >= 0.3 is 12.4 Å². The van der Waals surface area contributed by atoms with Gasteiger partial charge in [0.2, 0.25) is 5.92 Å². The number of hydrogen-bond donors (Lipinski definition) is 0. The number of methoxy groups -OCH3 is 1. The third-order valence-corrected chi connectivity index (χ3v) is 2.34. The van der Waals surface area contributed by atoms with Crippen molar-refractivity contribution in [2.75, 3.05) is 7.11 Å². The van der Waals surface area contributed by atoms with Crippen LogP contribution in [-0.2, 0) is 0 Å². The lowest BCUT2D eigenvalue weighted by molar-refractivity contribution is -0.264. The zero-order chi connectivity index (χ0) is 15.7. The number of carbonyl (C=O) groups is 1. The molecule has 0 saturated carbocycles. The summed E-state index contributed by atoms with van der Waals surface area (Å²) in [5, 5.41) is 0. The van der Waals surface area contributed by atoms with E-state index in [0.29, 0.717) is 0 Å². The Balaban J connectivity index is 3.37. The monoisotopic (exact) mass is 304 g/mol. The summed E-state index contributed by atoms with van der Waals surface area (Å²) in [6.07, 6.45) is -11.7. The van der Waals surface area contributed by atoms with Gasteiger partial charge in [-0.25, -0.2) is 4.39 Å². The first-order valence-electron chi connectivity index (χ1n) is 4.99. The molecule has 0 aliphatic carbocycles. The highest BCUT2D eigenvalue weighted by Gasteiger charge is 2.61. The van der Waals surface area contributed by atoms with Crippen molar-refractivity contribution in [3.05, 3.63) is 29.6 Å². The summed E-state index contributed by atoms with van der Waals surface area (Å²) >= 11 is 0. The van der Waals surface area contributed by atoms with Crippen LogP contribution in [0, 0.1) is 11.7 Å². The van der Waals surface area contributed by atoms with Crippen LogP contribution in [0.15, 0.2) is 18.2 Å². The summed E-state index contributed by atoms with van der Waals surface area (Å²) < 4.78 is 91.9.